The maximum Gasteiger partial charge on any atom is 0.308 e. The van der Waals surface area contributed by atoms with Gasteiger partial charge in [-0.2, -0.15) is 0 Å². The molecule has 73 heavy (non-hydrogen) atoms. The molecule has 15 nitrogen and oxygen atoms in total. The Labute approximate surface area is 445 Å². The van der Waals surface area contributed by atoms with Gasteiger partial charge in [-0.3, -0.25) is 28.8 Å². The lowest BCUT2D eigenvalue weighted by Gasteiger charge is -2.24. The smallest absolute Gasteiger partial charge is 0.308 e. The first-order valence-corrected chi connectivity index (χ1v) is 28.9. The van der Waals surface area contributed by atoms with Crippen LogP contribution < -0.4 is 0 Å². The van der Waals surface area contributed by atoms with Crippen molar-refractivity contribution in [2.24, 2.45) is 23.7 Å². The van der Waals surface area contributed by atoms with Crippen LogP contribution in [0.2, 0.25) is 0 Å². The normalized spacial score (nSPS) is 13.7. The van der Waals surface area contributed by atoms with E-state index in [0.29, 0.717) is 51.0 Å². The van der Waals surface area contributed by atoms with Crippen molar-refractivity contribution < 1.29 is 62.3 Å². The molecule has 0 aromatic carbocycles. The summed E-state index contributed by atoms with van der Waals surface area (Å²) in [6.07, 6.45) is 22.0. The van der Waals surface area contributed by atoms with Gasteiger partial charge in [-0.1, -0.05) is 158 Å². The molecule has 15 heteroatoms. The number of aliphatic hydroxyl groups excluding tert-OH is 1. The topological polar surface area (TPSA) is 185 Å². The van der Waals surface area contributed by atoms with Crippen molar-refractivity contribution in [3.63, 3.8) is 0 Å². The molecule has 0 rings (SSSR count). The van der Waals surface area contributed by atoms with Crippen LogP contribution in [-0.2, 0) is 57.2 Å². The molecule has 0 radical (unpaired) electrons. The number of amides is 1. The van der Waals surface area contributed by atoms with E-state index in [9.17, 15) is 28.8 Å². The molecule has 5 atom stereocenters. The summed E-state index contributed by atoms with van der Waals surface area (Å²) in [7, 11) is 5.44. The van der Waals surface area contributed by atoms with Gasteiger partial charge in [-0.25, -0.2) is 0 Å². The van der Waals surface area contributed by atoms with Gasteiger partial charge in [-0.05, 0) is 77.9 Å². The van der Waals surface area contributed by atoms with Gasteiger partial charge in [0.2, 0.25) is 5.91 Å². The molecule has 0 aliphatic carbocycles. The molecular formula is C58H110N2O13. The lowest BCUT2D eigenvalue weighted by molar-refractivity contribution is -0.169. The minimum absolute atomic E-state index is 0.0265. The van der Waals surface area contributed by atoms with Crippen molar-refractivity contribution in [2.75, 3.05) is 73.9 Å². The number of hydrogen-bond donors (Lipinski definition) is 1. The number of aliphatic hydroxyl groups is 1. The minimum Gasteiger partial charge on any atom is -0.461 e. The number of rotatable bonds is 47. The van der Waals surface area contributed by atoms with E-state index in [1.54, 1.807) is 4.90 Å². The second-order valence-electron chi connectivity index (χ2n) is 20.8. The van der Waals surface area contributed by atoms with Crippen LogP contribution in [0.25, 0.3) is 0 Å². The van der Waals surface area contributed by atoms with Crippen LogP contribution >= 0.6 is 0 Å². The molecule has 0 saturated carbocycles. The van der Waals surface area contributed by atoms with E-state index in [1.165, 1.54) is 39.2 Å². The van der Waals surface area contributed by atoms with Crippen LogP contribution in [0.3, 0.4) is 0 Å². The van der Waals surface area contributed by atoms with Gasteiger partial charge in [-0.15, -0.1) is 0 Å². The lowest BCUT2D eigenvalue weighted by Crippen LogP contribution is -2.35. The van der Waals surface area contributed by atoms with Gasteiger partial charge in [0.25, 0.3) is 0 Å². The van der Waals surface area contributed by atoms with Gasteiger partial charge >= 0.3 is 29.8 Å². The highest BCUT2D eigenvalue weighted by molar-refractivity contribution is 5.76. The second-order valence-corrected chi connectivity index (χ2v) is 20.8. The monoisotopic (exact) mass is 1040 g/mol. The quantitative estimate of drug-likeness (QED) is 0.0345. The van der Waals surface area contributed by atoms with Crippen molar-refractivity contribution in [3.05, 3.63) is 0 Å². The fraction of sp³-hybridized carbons (Fsp3) is 0.897. The summed E-state index contributed by atoms with van der Waals surface area (Å²) in [4.78, 5) is 81.4. The van der Waals surface area contributed by atoms with Gasteiger partial charge < -0.3 is 43.3 Å². The summed E-state index contributed by atoms with van der Waals surface area (Å²) >= 11 is 0. The highest BCUT2D eigenvalue weighted by Crippen LogP contribution is 2.17. The average Bonchev–Trinajstić information content (AvgIpc) is 3.37. The fourth-order valence-electron chi connectivity index (χ4n) is 7.91. The van der Waals surface area contributed by atoms with E-state index in [0.717, 1.165) is 96.4 Å². The summed E-state index contributed by atoms with van der Waals surface area (Å²) in [5.41, 5.74) is 0. The Kier molecular flexibility index (Phi) is 48.7. The fourth-order valence-corrected chi connectivity index (χ4v) is 7.91. The van der Waals surface area contributed by atoms with E-state index in [4.69, 9.17) is 33.5 Å². The Balaban J connectivity index is 0. The van der Waals surface area contributed by atoms with Crippen LogP contribution in [0.15, 0.2) is 0 Å². The summed E-state index contributed by atoms with van der Waals surface area (Å²) in [6, 6.07) is 0. The predicted molar refractivity (Wildman–Crippen MR) is 291 cm³/mol. The zero-order valence-electron chi connectivity index (χ0n) is 48.5. The van der Waals surface area contributed by atoms with Crippen molar-refractivity contribution in [1.82, 2.24) is 9.80 Å². The molecule has 1 amide bonds. The molecule has 0 aliphatic rings. The molecule has 0 spiro atoms. The van der Waals surface area contributed by atoms with Crippen molar-refractivity contribution in [2.45, 2.75) is 241 Å². The number of unbranched alkanes of at least 4 members (excludes halogenated alkanes) is 13. The maximum absolute atomic E-state index is 13.4. The van der Waals surface area contributed by atoms with E-state index >= 15 is 0 Å². The number of nitrogens with zero attached hydrogens (tertiary/aromatic N) is 2. The minimum atomic E-state index is -0.977. The number of hydrogen-bond acceptors (Lipinski definition) is 14. The summed E-state index contributed by atoms with van der Waals surface area (Å²) < 4.78 is 33.1. The Morgan fingerprint density at radius 2 is 0.808 bits per heavy atom. The molecule has 1 N–H and O–H groups in total. The van der Waals surface area contributed by atoms with Crippen LogP contribution in [0.5, 0.6) is 0 Å². The molecule has 0 aliphatic heterocycles. The molecule has 0 aromatic rings. The molecule has 0 saturated heterocycles. The molecule has 0 heterocycles. The van der Waals surface area contributed by atoms with Crippen LogP contribution in [-0.4, -0.2) is 137 Å². The summed E-state index contributed by atoms with van der Waals surface area (Å²) in [5.74, 6) is -2.60. The van der Waals surface area contributed by atoms with E-state index in [2.05, 4.69) is 39.5 Å². The molecular weight excluding hydrogens is 933 g/mol. The largest absolute Gasteiger partial charge is 0.461 e. The van der Waals surface area contributed by atoms with Crippen LogP contribution in [0.1, 0.15) is 229 Å². The number of esters is 5. The van der Waals surface area contributed by atoms with E-state index in [-0.39, 0.29) is 93.9 Å². The van der Waals surface area contributed by atoms with Crippen molar-refractivity contribution in [1.29, 1.82) is 0 Å². The number of ether oxygens (including phenoxy) is 6. The van der Waals surface area contributed by atoms with Crippen LogP contribution in [0, 0.1) is 23.7 Å². The first-order chi connectivity index (χ1) is 35.0. The van der Waals surface area contributed by atoms with Gasteiger partial charge in [0, 0.05) is 46.1 Å². The Hall–Kier alpha value is -3.30. The third-order valence-electron chi connectivity index (χ3n) is 12.9. The second kappa shape index (κ2) is 49.6. The lowest BCUT2D eigenvalue weighted by atomic mass is 10.0. The zero-order chi connectivity index (χ0) is 55.1. The molecule has 0 bridgehead atoms. The van der Waals surface area contributed by atoms with Crippen molar-refractivity contribution in [3.8, 4) is 0 Å². The molecule has 5 unspecified atom stereocenters. The number of carbonyl (C=O) groups excluding carboxylic acids is 6. The SMILES string of the molecule is CCCCCCC(C)C(=O)OCC(COC)OC(=O)CCCN(CCCC(=O)OC(COC(=O)C(C)CCCCCC)COC(=O)C(C)CCCCCC)C(=O)CCCCN(C)C.CCCCCCC(C)CO. The third kappa shape index (κ3) is 43.6. The van der Waals surface area contributed by atoms with Crippen molar-refractivity contribution >= 4 is 35.8 Å². The maximum atomic E-state index is 13.4. The van der Waals surface area contributed by atoms with Gasteiger partial charge in [0.15, 0.2) is 12.2 Å². The van der Waals surface area contributed by atoms with E-state index < -0.39 is 24.1 Å². The Morgan fingerprint density at radius 1 is 0.438 bits per heavy atom. The van der Waals surface area contributed by atoms with E-state index in [1.807, 2.05) is 34.9 Å². The Morgan fingerprint density at radius 3 is 1.15 bits per heavy atom. The first kappa shape index (κ1) is 71.8. The molecule has 0 fully saturated rings. The van der Waals surface area contributed by atoms with Gasteiger partial charge in [0.1, 0.15) is 19.8 Å². The standard InChI is InChI=1S/C49H90N2O12.C9H20O/c1-10-13-16-19-26-39(4)47(55)59-36-42(35-58-9)62-45(53)30-24-33-51(44(52)29-22-23-32-50(7)8)34-25-31-46(54)63-43(37-60-48(56)40(5)27-20-17-14-11-2)38-61-49(57)41(6)28-21-18-15-12-3;1-3-4-5-6-7-9(2)8-10/h39-43H,10-38H2,1-9H3;9-10H,3-8H2,1-2H3. The van der Waals surface area contributed by atoms with Crippen LogP contribution in [0.4, 0.5) is 0 Å². The Bertz CT molecular complexity index is 1350. The zero-order valence-corrected chi connectivity index (χ0v) is 48.5. The summed E-state index contributed by atoms with van der Waals surface area (Å²) in [5, 5.41) is 8.69. The first-order valence-electron chi connectivity index (χ1n) is 28.9. The highest BCUT2D eigenvalue weighted by Gasteiger charge is 2.25. The molecule has 430 valence electrons. The number of methoxy groups -OCH3 is 1. The highest BCUT2D eigenvalue weighted by atomic mass is 16.6. The average molecular weight is 1040 g/mol. The summed E-state index contributed by atoms with van der Waals surface area (Å²) in [6.45, 7) is 17.4. The predicted octanol–water partition coefficient (Wildman–Crippen LogP) is 11.6. The number of carbonyl (C=O) groups is 6. The third-order valence-corrected chi connectivity index (χ3v) is 12.9. The van der Waals surface area contributed by atoms with Gasteiger partial charge in [0.05, 0.1) is 24.4 Å². The molecule has 0 aromatic heterocycles.